The maximum atomic E-state index is 12.2. The van der Waals surface area contributed by atoms with Crippen molar-refractivity contribution in [1.29, 1.82) is 0 Å². The third kappa shape index (κ3) is 4.79. The number of methoxy groups -OCH3 is 1. The maximum absolute atomic E-state index is 12.2. The molecule has 0 spiro atoms. The number of amides is 1. The van der Waals surface area contributed by atoms with Crippen LogP contribution in [0.1, 0.15) is 41.6 Å². The molecule has 1 aliphatic rings. The summed E-state index contributed by atoms with van der Waals surface area (Å²) in [6.45, 7) is 2.06. The molecule has 1 N–H and O–H groups in total. The molecule has 1 atom stereocenters. The molecule has 3 nitrogen and oxygen atoms in total. The standard InChI is InChI=1S/C21H25NO2S/c1-15(18-9-8-17-4-3-5-19(17)12-18)22-21(23)14-25-13-16-6-10-20(24-2)11-7-16/h6-12,15H,3-5,13-14H2,1-2H3,(H,22,23). The van der Waals surface area contributed by atoms with Crippen LogP contribution >= 0.6 is 11.8 Å². The summed E-state index contributed by atoms with van der Waals surface area (Å²) in [6, 6.07) is 14.7. The van der Waals surface area contributed by atoms with Gasteiger partial charge in [0.05, 0.1) is 18.9 Å². The molecule has 0 fully saturated rings. The van der Waals surface area contributed by atoms with Crippen LogP contribution in [0.2, 0.25) is 0 Å². The molecule has 0 bridgehead atoms. The SMILES string of the molecule is COc1ccc(CSCC(=O)NC(C)c2ccc3c(c2)CCC3)cc1. The Bertz CT molecular complexity index is 727. The van der Waals surface area contributed by atoms with Crippen LogP contribution in [0.25, 0.3) is 0 Å². The second kappa shape index (κ2) is 8.43. The van der Waals surface area contributed by atoms with Gasteiger partial charge in [0.15, 0.2) is 0 Å². The Labute approximate surface area is 154 Å². The van der Waals surface area contributed by atoms with E-state index >= 15 is 0 Å². The van der Waals surface area contributed by atoms with E-state index in [1.807, 2.05) is 24.3 Å². The molecular formula is C21H25NO2S. The molecule has 0 heterocycles. The van der Waals surface area contributed by atoms with Crippen molar-refractivity contribution in [3.05, 3.63) is 64.7 Å². The van der Waals surface area contributed by atoms with E-state index < -0.39 is 0 Å². The Kier molecular flexibility index (Phi) is 6.03. The number of carbonyl (C=O) groups excluding carboxylic acids is 1. The van der Waals surface area contributed by atoms with Crippen LogP contribution in [0.4, 0.5) is 0 Å². The smallest absolute Gasteiger partial charge is 0.230 e. The van der Waals surface area contributed by atoms with E-state index in [1.165, 1.54) is 41.5 Å². The number of nitrogens with one attached hydrogen (secondary N) is 1. The molecule has 1 amide bonds. The number of thioether (sulfide) groups is 1. The average molecular weight is 356 g/mol. The van der Waals surface area contributed by atoms with Crippen molar-refractivity contribution >= 4 is 17.7 Å². The van der Waals surface area contributed by atoms with Crippen molar-refractivity contribution < 1.29 is 9.53 Å². The molecule has 3 rings (SSSR count). The molecule has 2 aromatic rings. The molecule has 1 unspecified atom stereocenters. The Balaban J connectivity index is 1.45. The first-order valence-electron chi connectivity index (χ1n) is 8.77. The highest BCUT2D eigenvalue weighted by Gasteiger charge is 2.14. The molecule has 4 heteroatoms. The number of rotatable bonds is 7. The van der Waals surface area contributed by atoms with Crippen LogP contribution in [0.3, 0.4) is 0 Å². The Hall–Kier alpha value is -1.94. The molecule has 0 saturated heterocycles. The van der Waals surface area contributed by atoms with Gasteiger partial charge in [-0.3, -0.25) is 4.79 Å². The van der Waals surface area contributed by atoms with Gasteiger partial charge in [0.1, 0.15) is 5.75 Å². The zero-order chi connectivity index (χ0) is 17.6. The number of carbonyl (C=O) groups is 1. The lowest BCUT2D eigenvalue weighted by Gasteiger charge is -2.15. The van der Waals surface area contributed by atoms with Gasteiger partial charge in [0.2, 0.25) is 5.91 Å². The third-order valence-corrected chi connectivity index (χ3v) is 5.66. The monoisotopic (exact) mass is 355 g/mol. The fourth-order valence-electron chi connectivity index (χ4n) is 3.21. The molecule has 1 aliphatic carbocycles. The summed E-state index contributed by atoms with van der Waals surface area (Å²) in [6.07, 6.45) is 3.61. The molecule has 0 aromatic heterocycles. The number of aryl methyl sites for hydroxylation is 2. The van der Waals surface area contributed by atoms with Crippen molar-refractivity contribution in [1.82, 2.24) is 5.32 Å². The number of hydrogen-bond acceptors (Lipinski definition) is 3. The van der Waals surface area contributed by atoms with Gasteiger partial charge >= 0.3 is 0 Å². The van der Waals surface area contributed by atoms with Crippen molar-refractivity contribution in [3.63, 3.8) is 0 Å². The summed E-state index contributed by atoms with van der Waals surface area (Å²) >= 11 is 1.63. The molecular weight excluding hydrogens is 330 g/mol. The Morgan fingerprint density at radius 2 is 1.92 bits per heavy atom. The Morgan fingerprint density at radius 3 is 2.68 bits per heavy atom. The van der Waals surface area contributed by atoms with Gasteiger partial charge in [0, 0.05) is 5.75 Å². The molecule has 25 heavy (non-hydrogen) atoms. The summed E-state index contributed by atoms with van der Waals surface area (Å²) in [5.41, 5.74) is 5.32. The molecule has 0 radical (unpaired) electrons. The zero-order valence-electron chi connectivity index (χ0n) is 14.9. The summed E-state index contributed by atoms with van der Waals surface area (Å²) in [5, 5.41) is 3.11. The second-order valence-corrected chi connectivity index (χ2v) is 7.50. The van der Waals surface area contributed by atoms with Crippen LogP contribution < -0.4 is 10.1 Å². The van der Waals surface area contributed by atoms with Crippen LogP contribution in [0, 0.1) is 0 Å². The minimum absolute atomic E-state index is 0.0555. The Morgan fingerprint density at radius 1 is 1.16 bits per heavy atom. The normalized spacial score (nSPS) is 14.0. The van der Waals surface area contributed by atoms with Gasteiger partial charge in [0.25, 0.3) is 0 Å². The van der Waals surface area contributed by atoms with Gasteiger partial charge in [-0.25, -0.2) is 0 Å². The number of ether oxygens (including phenoxy) is 1. The molecule has 0 aliphatic heterocycles. The highest BCUT2D eigenvalue weighted by Crippen LogP contribution is 2.25. The topological polar surface area (TPSA) is 38.3 Å². The van der Waals surface area contributed by atoms with E-state index in [2.05, 4.69) is 30.4 Å². The van der Waals surface area contributed by atoms with Crippen LogP contribution in [-0.2, 0) is 23.4 Å². The van der Waals surface area contributed by atoms with E-state index in [0.717, 1.165) is 11.5 Å². The lowest BCUT2D eigenvalue weighted by Crippen LogP contribution is -2.28. The predicted molar refractivity (Wildman–Crippen MR) is 104 cm³/mol. The number of fused-ring (bicyclic) bond motifs is 1. The maximum Gasteiger partial charge on any atom is 0.230 e. The van der Waals surface area contributed by atoms with Crippen LogP contribution in [-0.4, -0.2) is 18.8 Å². The fourth-order valence-corrected chi connectivity index (χ4v) is 4.01. The molecule has 132 valence electrons. The van der Waals surface area contributed by atoms with Gasteiger partial charge in [-0.05, 0) is 60.6 Å². The van der Waals surface area contributed by atoms with E-state index in [4.69, 9.17) is 4.74 Å². The highest BCUT2D eigenvalue weighted by molar-refractivity contribution is 7.99. The third-order valence-electron chi connectivity index (χ3n) is 4.66. The van der Waals surface area contributed by atoms with Gasteiger partial charge in [-0.1, -0.05) is 30.3 Å². The first kappa shape index (κ1) is 17.9. The number of benzene rings is 2. The van der Waals surface area contributed by atoms with Crippen LogP contribution in [0.15, 0.2) is 42.5 Å². The minimum atomic E-state index is 0.0555. The zero-order valence-corrected chi connectivity index (χ0v) is 15.7. The molecule has 0 saturated carbocycles. The predicted octanol–water partition coefficient (Wildman–Crippen LogP) is 4.29. The summed E-state index contributed by atoms with van der Waals surface area (Å²) in [7, 11) is 1.66. The lowest BCUT2D eigenvalue weighted by atomic mass is 10.0. The molecule has 2 aromatic carbocycles. The van der Waals surface area contributed by atoms with Crippen molar-refractivity contribution in [2.24, 2.45) is 0 Å². The van der Waals surface area contributed by atoms with Crippen molar-refractivity contribution in [3.8, 4) is 5.75 Å². The van der Waals surface area contributed by atoms with E-state index in [1.54, 1.807) is 18.9 Å². The fraction of sp³-hybridized carbons (Fsp3) is 0.381. The summed E-state index contributed by atoms with van der Waals surface area (Å²) in [4.78, 5) is 12.2. The first-order valence-corrected chi connectivity index (χ1v) is 9.93. The van der Waals surface area contributed by atoms with Gasteiger partial charge in [-0.2, -0.15) is 0 Å². The lowest BCUT2D eigenvalue weighted by molar-refractivity contribution is -0.119. The first-order chi connectivity index (χ1) is 12.2. The van der Waals surface area contributed by atoms with E-state index in [-0.39, 0.29) is 11.9 Å². The van der Waals surface area contributed by atoms with E-state index in [9.17, 15) is 4.79 Å². The van der Waals surface area contributed by atoms with E-state index in [0.29, 0.717) is 5.75 Å². The van der Waals surface area contributed by atoms with Crippen LogP contribution in [0.5, 0.6) is 5.75 Å². The quantitative estimate of drug-likeness (QED) is 0.805. The highest BCUT2D eigenvalue weighted by atomic mass is 32.2. The van der Waals surface area contributed by atoms with Gasteiger partial charge in [-0.15, -0.1) is 11.8 Å². The van der Waals surface area contributed by atoms with Crippen molar-refractivity contribution in [2.45, 2.75) is 38.0 Å². The van der Waals surface area contributed by atoms with Crippen molar-refractivity contribution in [2.75, 3.05) is 12.9 Å². The summed E-state index contributed by atoms with van der Waals surface area (Å²) < 4.78 is 5.15. The average Bonchev–Trinajstić information content (AvgIpc) is 3.10. The number of hydrogen-bond donors (Lipinski definition) is 1. The summed E-state index contributed by atoms with van der Waals surface area (Å²) in [5.74, 6) is 2.24. The minimum Gasteiger partial charge on any atom is -0.497 e. The largest absolute Gasteiger partial charge is 0.497 e. The second-order valence-electron chi connectivity index (χ2n) is 6.51. The van der Waals surface area contributed by atoms with Gasteiger partial charge < -0.3 is 10.1 Å².